The molecule has 1 aliphatic carbocycles. The molecule has 19 heavy (non-hydrogen) atoms. The van der Waals surface area contributed by atoms with Crippen molar-refractivity contribution in [2.45, 2.75) is 26.3 Å². The topological polar surface area (TPSA) is 38.5 Å². The molecule has 3 heteroatoms. The van der Waals surface area contributed by atoms with Crippen LogP contribution in [0.4, 0.5) is 0 Å². The maximum absolute atomic E-state index is 5.98. The van der Waals surface area contributed by atoms with E-state index in [9.17, 15) is 0 Å². The van der Waals surface area contributed by atoms with Gasteiger partial charge >= 0.3 is 0 Å². The fourth-order valence-electron chi connectivity index (χ4n) is 2.83. The number of rotatable bonds is 6. The van der Waals surface area contributed by atoms with E-state index in [2.05, 4.69) is 37.9 Å². The van der Waals surface area contributed by atoms with Gasteiger partial charge in [-0.05, 0) is 49.4 Å². The van der Waals surface area contributed by atoms with Crippen LogP contribution in [0.1, 0.15) is 30.5 Å². The molecule has 1 aliphatic rings. The summed E-state index contributed by atoms with van der Waals surface area (Å²) < 4.78 is 5.32. The molecule has 1 saturated carbocycles. The number of aryl methyl sites for hydroxylation is 1. The molecule has 1 aromatic carbocycles. The molecule has 0 aliphatic heterocycles. The summed E-state index contributed by atoms with van der Waals surface area (Å²) in [5.74, 6) is 2.69. The number of likely N-dealkylation sites (N-methyl/N-ethyl adjacent to an activating group) is 1. The van der Waals surface area contributed by atoms with Gasteiger partial charge in [-0.3, -0.25) is 4.90 Å². The summed E-state index contributed by atoms with van der Waals surface area (Å²) in [7, 11) is 3.89. The third-order valence-corrected chi connectivity index (χ3v) is 4.36. The van der Waals surface area contributed by atoms with Gasteiger partial charge in [-0.25, -0.2) is 0 Å². The summed E-state index contributed by atoms with van der Waals surface area (Å²) in [5.41, 5.74) is 8.45. The lowest BCUT2D eigenvalue weighted by atomic mass is 10.0. The van der Waals surface area contributed by atoms with Crippen molar-refractivity contribution >= 4 is 0 Å². The fraction of sp³-hybridized carbons (Fsp3) is 0.625. The Bertz CT molecular complexity index is 433. The summed E-state index contributed by atoms with van der Waals surface area (Å²) in [6.07, 6.45) is 1.36. The predicted molar refractivity (Wildman–Crippen MR) is 79.4 cm³/mol. The molecule has 0 heterocycles. The molecular formula is C16H26N2O. The number of hydrogen-bond acceptors (Lipinski definition) is 3. The van der Waals surface area contributed by atoms with Crippen molar-refractivity contribution in [1.29, 1.82) is 0 Å². The number of hydrogen-bond donors (Lipinski definition) is 1. The van der Waals surface area contributed by atoms with Crippen molar-refractivity contribution in [1.82, 2.24) is 4.90 Å². The zero-order valence-corrected chi connectivity index (χ0v) is 12.5. The van der Waals surface area contributed by atoms with Crippen molar-refractivity contribution in [3.63, 3.8) is 0 Å². The average molecular weight is 262 g/mol. The molecule has 3 unspecified atom stereocenters. The first-order valence-corrected chi connectivity index (χ1v) is 7.11. The van der Waals surface area contributed by atoms with E-state index in [4.69, 9.17) is 10.5 Å². The normalized spacial score (nSPS) is 23.5. The summed E-state index contributed by atoms with van der Waals surface area (Å²) in [6, 6.07) is 6.68. The third kappa shape index (κ3) is 3.28. The zero-order chi connectivity index (χ0) is 14.0. The van der Waals surface area contributed by atoms with Gasteiger partial charge in [0.15, 0.2) is 0 Å². The Kier molecular flexibility index (Phi) is 4.48. The van der Waals surface area contributed by atoms with Crippen molar-refractivity contribution in [2.75, 3.05) is 27.2 Å². The Morgan fingerprint density at radius 3 is 2.63 bits per heavy atom. The molecule has 2 rings (SSSR count). The van der Waals surface area contributed by atoms with Crippen LogP contribution >= 0.6 is 0 Å². The number of benzene rings is 1. The van der Waals surface area contributed by atoms with Gasteiger partial charge in [0, 0.05) is 19.1 Å². The molecule has 0 bridgehead atoms. The lowest BCUT2D eigenvalue weighted by molar-refractivity contribution is 0.236. The number of nitrogens with zero attached hydrogens (tertiary/aromatic N) is 1. The standard InChI is InChI=1S/C16H26N2O/c1-11-7-14(11)10-18(3)15(9-17)13-5-6-16(19-4)12(2)8-13/h5-6,8,11,14-15H,7,9-10,17H2,1-4H3. The van der Waals surface area contributed by atoms with Crippen LogP contribution < -0.4 is 10.5 Å². The zero-order valence-electron chi connectivity index (χ0n) is 12.5. The first-order valence-electron chi connectivity index (χ1n) is 7.11. The number of nitrogens with two attached hydrogens (primary N) is 1. The van der Waals surface area contributed by atoms with Gasteiger partial charge in [-0.2, -0.15) is 0 Å². The van der Waals surface area contributed by atoms with Crippen LogP contribution in [-0.2, 0) is 0 Å². The molecule has 1 aromatic rings. The van der Waals surface area contributed by atoms with Crippen LogP contribution in [0.3, 0.4) is 0 Å². The van der Waals surface area contributed by atoms with E-state index in [-0.39, 0.29) is 0 Å². The van der Waals surface area contributed by atoms with Crippen LogP contribution in [0, 0.1) is 18.8 Å². The van der Waals surface area contributed by atoms with E-state index in [0.717, 1.165) is 24.1 Å². The highest BCUT2D eigenvalue weighted by atomic mass is 16.5. The molecule has 1 fully saturated rings. The van der Waals surface area contributed by atoms with E-state index in [0.29, 0.717) is 12.6 Å². The fourth-order valence-corrected chi connectivity index (χ4v) is 2.83. The smallest absolute Gasteiger partial charge is 0.121 e. The second-order valence-corrected chi connectivity index (χ2v) is 5.89. The molecule has 3 nitrogen and oxygen atoms in total. The van der Waals surface area contributed by atoms with Crippen molar-refractivity contribution in [2.24, 2.45) is 17.6 Å². The molecule has 0 radical (unpaired) electrons. The highest BCUT2D eigenvalue weighted by Gasteiger charge is 2.34. The Labute approximate surface area is 116 Å². The van der Waals surface area contributed by atoms with Crippen molar-refractivity contribution in [3.05, 3.63) is 29.3 Å². The van der Waals surface area contributed by atoms with Crippen LogP contribution in [-0.4, -0.2) is 32.1 Å². The van der Waals surface area contributed by atoms with Crippen LogP contribution in [0.15, 0.2) is 18.2 Å². The number of ether oxygens (including phenoxy) is 1. The summed E-state index contributed by atoms with van der Waals surface area (Å²) in [5, 5.41) is 0. The van der Waals surface area contributed by atoms with E-state index < -0.39 is 0 Å². The van der Waals surface area contributed by atoms with Gasteiger partial charge in [-0.15, -0.1) is 0 Å². The minimum Gasteiger partial charge on any atom is -0.496 e. The van der Waals surface area contributed by atoms with E-state index in [1.165, 1.54) is 17.5 Å². The quantitative estimate of drug-likeness (QED) is 0.856. The van der Waals surface area contributed by atoms with E-state index in [1.54, 1.807) is 7.11 Å². The SMILES string of the molecule is COc1ccc(C(CN)N(C)CC2CC2C)cc1C. The Balaban J connectivity index is 2.09. The Morgan fingerprint density at radius 1 is 1.47 bits per heavy atom. The maximum atomic E-state index is 5.98. The van der Waals surface area contributed by atoms with E-state index in [1.807, 2.05) is 6.07 Å². The Hall–Kier alpha value is -1.06. The third-order valence-electron chi connectivity index (χ3n) is 4.36. The van der Waals surface area contributed by atoms with Crippen LogP contribution in [0.5, 0.6) is 5.75 Å². The first-order chi connectivity index (χ1) is 9.06. The minimum atomic E-state index is 0.303. The number of methoxy groups -OCH3 is 1. The Morgan fingerprint density at radius 2 is 2.16 bits per heavy atom. The molecule has 106 valence electrons. The van der Waals surface area contributed by atoms with Crippen molar-refractivity contribution < 1.29 is 4.74 Å². The molecule has 2 N–H and O–H groups in total. The second-order valence-electron chi connectivity index (χ2n) is 5.89. The van der Waals surface area contributed by atoms with Gasteiger partial charge in [0.2, 0.25) is 0 Å². The van der Waals surface area contributed by atoms with Gasteiger partial charge < -0.3 is 10.5 Å². The predicted octanol–water partition coefficient (Wildman–Crippen LogP) is 2.59. The van der Waals surface area contributed by atoms with Gasteiger partial charge in [0.1, 0.15) is 5.75 Å². The molecule has 0 saturated heterocycles. The second kappa shape index (κ2) is 5.93. The van der Waals surface area contributed by atoms with Crippen LogP contribution in [0.25, 0.3) is 0 Å². The van der Waals surface area contributed by atoms with Crippen molar-refractivity contribution in [3.8, 4) is 5.75 Å². The molecule has 0 amide bonds. The van der Waals surface area contributed by atoms with Gasteiger partial charge in [0.05, 0.1) is 7.11 Å². The lowest BCUT2D eigenvalue weighted by Crippen LogP contribution is -2.32. The largest absolute Gasteiger partial charge is 0.496 e. The molecule has 0 spiro atoms. The summed E-state index contributed by atoms with van der Waals surface area (Å²) in [4.78, 5) is 2.40. The van der Waals surface area contributed by atoms with E-state index >= 15 is 0 Å². The van der Waals surface area contributed by atoms with Gasteiger partial charge in [-0.1, -0.05) is 19.1 Å². The highest BCUT2D eigenvalue weighted by Crippen LogP contribution is 2.39. The average Bonchev–Trinajstić information content (AvgIpc) is 3.06. The minimum absolute atomic E-state index is 0.303. The molecular weight excluding hydrogens is 236 g/mol. The lowest BCUT2D eigenvalue weighted by Gasteiger charge is -2.28. The monoisotopic (exact) mass is 262 g/mol. The molecule has 3 atom stereocenters. The van der Waals surface area contributed by atoms with Gasteiger partial charge in [0.25, 0.3) is 0 Å². The molecule has 0 aromatic heterocycles. The van der Waals surface area contributed by atoms with Crippen LogP contribution in [0.2, 0.25) is 0 Å². The first kappa shape index (κ1) is 14.4. The summed E-state index contributed by atoms with van der Waals surface area (Å²) in [6.45, 7) is 6.21. The maximum Gasteiger partial charge on any atom is 0.121 e. The highest BCUT2D eigenvalue weighted by molar-refractivity contribution is 5.37. The summed E-state index contributed by atoms with van der Waals surface area (Å²) >= 11 is 0.